The van der Waals surface area contributed by atoms with Crippen LogP contribution in [0.3, 0.4) is 0 Å². The maximum Gasteiger partial charge on any atom is 0.335 e. The molecule has 92 valence electrons. The van der Waals surface area contributed by atoms with Gasteiger partial charge in [-0.05, 0) is 18.6 Å². The summed E-state index contributed by atoms with van der Waals surface area (Å²) in [6, 6.07) is 3.53. The number of aromatic carboxylic acids is 1. The molecular weight excluding hydrogens is 228 g/mol. The zero-order chi connectivity index (χ0) is 12.8. The highest BCUT2D eigenvalue weighted by Gasteiger charge is 2.15. The second kappa shape index (κ2) is 5.80. The van der Waals surface area contributed by atoms with E-state index in [1.165, 1.54) is 12.1 Å². The van der Waals surface area contributed by atoms with Crippen LogP contribution in [0.5, 0.6) is 0 Å². The summed E-state index contributed by atoms with van der Waals surface area (Å²) in [6.07, 6.45) is 0.425. The first-order chi connectivity index (χ1) is 8.06. The Hall–Kier alpha value is -2.15. The molecule has 0 aliphatic heterocycles. The van der Waals surface area contributed by atoms with E-state index in [1.54, 1.807) is 0 Å². The molecule has 0 fully saturated rings. The van der Waals surface area contributed by atoms with Gasteiger partial charge in [-0.3, -0.25) is 10.1 Å². The summed E-state index contributed by atoms with van der Waals surface area (Å²) < 4.78 is 0. The van der Waals surface area contributed by atoms with E-state index >= 15 is 0 Å². The summed E-state index contributed by atoms with van der Waals surface area (Å²) >= 11 is 0. The summed E-state index contributed by atoms with van der Waals surface area (Å²) in [4.78, 5) is 20.8. The molecule has 7 nitrogen and oxygen atoms in total. The lowest BCUT2D eigenvalue weighted by Gasteiger charge is -2.06. The molecule has 0 unspecified atom stereocenters. The number of aliphatic hydroxyl groups is 1. The Kier molecular flexibility index (Phi) is 4.41. The quantitative estimate of drug-likeness (QED) is 0.389. The zero-order valence-electron chi connectivity index (χ0n) is 8.92. The lowest BCUT2D eigenvalue weighted by Crippen LogP contribution is -2.07. The number of aliphatic hydroxyl groups excluding tert-OH is 1. The normalized spacial score (nSPS) is 9.94. The van der Waals surface area contributed by atoms with Crippen LogP contribution < -0.4 is 5.32 Å². The molecule has 0 radical (unpaired) electrons. The van der Waals surface area contributed by atoms with Crippen molar-refractivity contribution in [3.05, 3.63) is 33.9 Å². The monoisotopic (exact) mass is 240 g/mol. The third kappa shape index (κ3) is 3.42. The van der Waals surface area contributed by atoms with Gasteiger partial charge in [0.2, 0.25) is 0 Å². The molecule has 0 aliphatic rings. The molecule has 1 aromatic carbocycles. The number of hydrogen-bond donors (Lipinski definition) is 3. The smallest absolute Gasteiger partial charge is 0.335 e. The number of carbonyl (C=O) groups is 1. The van der Waals surface area contributed by atoms with Crippen molar-refractivity contribution in [3.63, 3.8) is 0 Å². The highest BCUT2D eigenvalue weighted by molar-refractivity contribution is 5.90. The molecule has 3 N–H and O–H groups in total. The number of anilines is 1. The van der Waals surface area contributed by atoms with Crippen LogP contribution in [0.4, 0.5) is 11.4 Å². The maximum absolute atomic E-state index is 10.7. The topological polar surface area (TPSA) is 113 Å². The van der Waals surface area contributed by atoms with E-state index in [2.05, 4.69) is 5.32 Å². The third-order valence-corrected chi connectivity index (χ3v) is 2.09. The highest BCUT2D eigenvalue weighted by atomic mass is 16.6. The highest BCUT2D eigenvalue weighted by Crippen LogP contribution is 2.25. The molecule has 1 rings (SSSR count). The summed E-state index contributed by atoms with van der Waals surface area (Å²) in [7, 11) is 0. The predicted octanol–water partition coefficient (Wildman–Crippen LogP) is 1.09. The van der Waals surface area contributed by atoms with Crippen LogP contribution in [0.15, 0.2) is 18.2 Å². The van der Waals surface area contributed by atoms with Gasteiger partial charge in [0.05, 0.1) is 10.5 Å². The van der Waals surface area contributed by atoms with Crippen molar-refractivity contribution >= 4 is 17.3 Å². The number of carboxylic acids is 1. The number of nitro groups is 1. The maximum atomic E-state index is 10.7. The second-order valence-electron chi connectivity index (χ2n) is 3.30. The lowest BCUT2D eigenvalue weighted by molar-refractivity contribution is -0.384. The Morgan fingerprint density at radius 3 is 2.71 bits per heavy atom. The molecule has 17 heavy (non-hydrogen) atoms. The molecule has 0 amide bonds. The first-order valence-electron chi connectivity index (χ1n) is 4.92. The summed E-state index contributed by atoms with van der Waals surface area (Å²) in [5.41, 5.74) is -0.0709. The van der Waals surface area contributed by atoms with Crippen LogP contribution in [0.2, 0.25) is 0 Å². The molecular formula is C10H12N2O5. The van der Waals surface area contributed by atoms with Crippen molar-refractivity contribution < 1.29 is 19.9 Å². The van der Waals surface area contributed by atoms with Crippen molar-refractivity contribution in [2.75, 3.05) is 18.5 Å². The lowest BCUT2D eigenvalue weighted by atomic mass is 10.1. The average molecular weight is 240 g/mol. The van der Waals surface area contributed by atoms with Gasteiger partial charge in [0.25, 0.3) is 5.69 Å². The first kappa shape index (κ1) is 12.9. The Balaban J connectivity index is 2.98. The van der Waals surface area contributed by atoms with Gasteiger partial charge >= 0.3 is 5.97 Å². The van der Waals surface area contributed by atoms with Crippen LogP contribution in [-0.4, -0.2) is 34.3 Å². The molecule has 0 aromatic heterocycles. The van der Waals surface area contributed by atoms with Gasteiger partial charge in [-0.15, -0.1) is 0 Å². The molecule has 0 saturated carbocycles. The molecule has 0 atom stereocenters. The number of nitro benzene ring substituents is 1. The minimum absolute atomic E-state index is 0.0258. The van der Waals surface area contributed by atoms with Gasteiger partial charge in [0.1, 0.15) is 5.69 Å². The SMILES string of the molecule is O=C(O)c1ccc([N+](=O)[O-])c(NCCCO)c1. The van der Waals surface area contributed by atoms with E-state index in [9.17, 15) is 14.9 Å². The van der Waals surface area contributed by atoms with E-state index in [-0.39, 0.29) is 23.5 Å². The molecule has 0 spiro atoms. The first-order valence-corrected chi connectivity index (χ1v) is 4.92. The van der Waals surface area contributed by atoms with E-state index in [4.69, 9.17) is 10.2 Å². The van der Waals surface area contributed by atoms with Crippen molar-refractivity contribution in [1.82, 2.24) is 0 Å². The van der Waals surface area contributed by atoms with Crippen LogP contribution >= 0.6 is 0 Å². The number of nitrogens with one attached hydrogen (secondary N) is 1. The molecule has 0 saturated heterocycles. The number of benzene rings is 1. The van der Waals surface area contributed by atoms with Gasteiger partial charge in [-0.2, -0.15) is 0 Å². The number of rotatable bonds is 6. The van der Waals surface area contributed by atoms with E-state index < -0.39 is 10.9 Å². The predicted molar refractivity (Wildman–Crippen MR) is 60.2 cm³/mol. The van der Waals surface area contributed by atoms with E-state index in [0.717, 1.165) is 6.07 Å². The standard InChI is InChI=1S/C10H12N2O5/c13-5-1-4-11-8-6-7(10(14)15)2-3-9(8)12(16)17/h2-3,6,11,13H,1,4-5H2,(H,14,15). The minimum Gasteiger partial charge on any atom is -0.478 e. The van der Waals surface area contributed by atoms with Crippen molar-refractivity contribution in [3.8, 4) is 0 Å². The van der Waals surface area contributed by atoms with Crippen LogP contribution in [0.1, 0.15) is 16.8 Å². The molecule has 0 aliphatic carbocycles. The minimum atomic E-state index is -1.15. The van der Waals surface area contributed by atoms with Gasteiger partial charge in [-0.25, -0.2) is 4.79 Å². The fourth-order valence-electron chi connectivity index (χ4n) is 1.27. The Morgan fingerprint density at radius 2 is 2.18 bits per heavy atom. The molecule has 7 heteroatoms. The fourth-order valence-corrected chi connectivity index (χ4v) is 1.27. The Labute approximate surface area is 96.8 Å². The average Bonchev–Trinajstić information content (AvgIpc) is 2.28. The van der Waals surface area contributed by atoms with Crippen molar-refractivity contribution in [2.24, 2.45) is 0 Å². The van der Waals surface area contributed by atoms with Gasteiger partial charge in [-0.1, -0.05) is 0 Å². The molecule has 1 aromatic rings. The molecule has 0 heterocycles. The largest absolute Gasteiger partial charge is 0.478 e. The van der Waals surface area contributed by atoms with E-state index in [1.807, 2.05) is 0 Å². The molecule has 0 bridgehead atoms. The Bertz CT molecular complexity index is 433. The second-order valence-corrected chi connectivity index (χ2v) is 3.30. The van der Waals surface area contributed by atoms with Gasteiger partial charge < -0.3 is 15.5 Å². The number of carboxylic acid groups (broad SMARTS) is 1. The number of hydrogen-bond acceptors (Lipinski definition) is 5. The number of nitrogens with zero attached hydrogens (tertiary/aromatic N) is 1. The van der Waals surface area contributed by atoms with Crippen LogP contribution in [0, 0.1) is 10.1 Å². The van der Waals surface area contributed by atoms with Crippen LogP contribution in [-0.2, 0) is 0 Å². The summed E-state index contributed by atoms with van der Waals surface area (Å²) in [5, 5.41) is 30.8. The summed E-state index contributed by atoms with van der Waals surface area (Å²) in [5.74, 6) is -1.15. The van der Waals surface area contributed by atoms with Gasteiger partial charge in [0.15, 0.2) is 0 Å². The fraction of sp³-hybridized carbons (Fsp3) is 0.300. The Morgan fingerprint density at radius 1 is 1.47 bits per heavy atom. The van der Waals surface area contributed by atoms with E-state index in [0.29, 0.717) is 13.0 Å². The third-order valence-electron chi connectivity index (χ3n) is 2.09. The van der Waals surface area contributed by atoms with Crippen LogP contribution in [0.25, 0.3) is 0 Å². The van der Waals surface area contributed by atoms with Crippen molar-refractivity contribution in [2.45, 2.75) is 6.42 Å². The summed E-state index contributed by atoms with van der Waals surface area (Å²) in [6.45, 7) is 0.291. The van der Waals surface area contributed by atoms with Gasteiger partial charge in [0, 0.05) is 19.2 Å². The van der Waals surface area contributed by atoms with Crippen molar-refractivity contribution in [1.29, 1.82) is 0 Å². The zero-order valence-corrected chi connectivity index (χ0v) is 8.92.